The molecule has 3 heteroatoms. The summed E-state index contributed by atoms with van der Waals surface area (Å²) in [5, 5.41) is 7.11. The van der Waals surface area contributed by atoms with E-state index in [0.717, 1.165) is 0 Å². The topological polar surface area (TPSA) is 27.3 Å². The van der Waals surface area contributed by atoms with Gasteiger partial charge in [0, 0.05) is 45.8 Å². The lowest BCUT2D eigenvalue weighted by Gasteiger charge is -2.30. The van der Waals surface area contributed by atoms with Crippen LogP contribution in [0.3, 0.4) is 0 Å². The van der Waals surface area contributed by atoms with E-state index in [0.29, 0.717) is 5.41 Å². The Balaban J connectivity index is 1.58. The molecule has 2 aliphatic rings. The summed E-state index contributed by atoms with van der Waals surface area (Å²) >= 11 is 0. The zero-order chi connectivity index (χ0) is 12.0. The molecule has 3 nitrogen and oxygen atoms in total. The van der Waals surface area contributed by atoms with Gasteiger partial charge in [-0.1, -0.05) is 19.8 Å². The smallest absolute Gasteiger partial charge is 0.0108 e. The molecule has 0 bridgehead atoms. The first-order chi connectivity index (χ1) is 8.35. The lowest BCUT2D eigenvalue weighted by atomic mass is 9.83. The molecule has 2 fully saturated rings. The molecule has 1 saturated heterocycles. The summed E-state index contributed by atoms with van der Waals surface area (Å²) in [5.74, 6) is 0. The number of nitrogens with one attached hydrogen (secondary N) is 2. The molecule has 1 aliphatic heterocycles. The molecule has 17 heavy (non-hydrogen) atoms. The van der Waals surface area contributed by atoms with Crippen molar-refractivity contribution in [1.82, 2.24) is 15.5 Å². The molecule has 2 rings (SSSR count). The molecule has 2 N–H and O–H groups in total. The first kappa shape index (κ1) is 13.3. The van der Waals surface area contributed by atoms with Crippen LogP contribution in [-0.4, -0.2) is 50.7 Å². The van der Waals surface area contributed by atoms with Crippen molar-refractivity contribution >= 4 is 0 Å². The van der Waals surface area contributed by atoms with E-state index in [1.165, 1.54) is 77.9 Å². The van der Waals surface area contributed by atoms with Crippen molar-refractivity contribution in [2.75, 3.05) is 45.8 Å². The Morgan fingerprint density at radius 3 is 2.53 bits per heavy atom. The van der Waals surface area contributed by atoms with E-state index < -0.39 is 0 Å². The Kier molecular flexibility index (Phi) is 5.26. The molecule has 100 valence electrons. The van der Waals surface area contributed by atoms with Crippen molar-refractivity contribution in [2.45, 2.75) is 39.0 Å². The maximum absolute atomic E-state index is 3.70. The first-order valence-electron chi connectivity index (χ1n) is 7.48. The molecule has 0 amide bonds. The Labute approximate surface area is 106 Å². The van der Waals surface area contributed by atoms with Crippen molar-refractivity contribution in [1.29, 1.82) is 0 Å². The van der Waals surface area contributed by atoms with E-state index in [9.17, 15) is 0 Å². The third-order valence-electron chi connectivity index (χ3n) is 4.73. The van der Waals surface area contributed by atoms with Crippen molar-refractivity contribution in [3.8, 4) is 0 Å². The van der Waals surface area contributed by atoms with Crippen LogP contribution in [0.4, 0.5) is 0 Å². The van der Waals surface area contributed by atoms with E-state index in [-0.39, 0.29) is 0 Å². The van der Waals surface area contributed by atoms with E-state index in [4.69, 9.17) is 0 Å². The summed E-state index contributed by atoms with van der Waals surface area (Å²) in [6.07, 6.45) is 7.16. The Morgan fingerprint density at radius 1 is 1.18 bits per heavy atom. The monoisotopic (exact) mass is 239 g/mol. The molecule has 1 heterocycles. The second-order valence-electron chi connectivity index (χ2n) is 5.83. The maximum atomic E-state index is 3.70. The molecular formula is C14H29N3. The number of rotatable bonds is 6. The zero-order valence-corrected chi connectivity index (χ0v) is 11.4. The van der Waals surface area contributed by atoms with Gasteiger partial charge in [0.15, 0.2) is 0 Å². The summed E-state index contributed by atoms with van der Waals surface area (Å²) < 4.78 is 0. The number of hydrogen-bond donors (Lipinski definition) is 2. The summed E-state index contributed by atoms with van der Waals surface area (Å²) in [4.78, 5) is 2.57. The van der Waals surface area contributed by atoms with E-state index in [1.807, 2.05) is 0 Å². The lowest BCUT2D eigenvalue weighted by molar-refractivity contribution is 0.225. The van der Waals surface area contributed by atoms with Gasteiger partial charge in [-0.2, -0.15) is 0 Å². The average molecular weight is 239 g/mol. The van der Waals surface area contributed by atoms with Gasteiger partial charge in [-0.25, -0.2) is 0 Å². The highest BCUT2D eigenvalue weighted by Crippen LogP contribution is 2.40. The van der Waals surface area contributed by atoms with Crippen LogP contribution in [0.2, 0.25) is 0 Å². The van der Waals surface area contributed by atoms with Gasteiger partial charge < -0.3 is 10.6 Å². The van der Waals surface area contributed by atoms with Crippen LogP contribution in [0.15, 0.2) is 0 Å². The number of hydrogen-bond acceptors (Lipinski definition) is 3. The van der Waals surface area contributed by atoms with Crippen LogP contribution in [0, 0.1) is 5.41 Å². The van der Waals surface area contributed by atoms with E-state index in [2.05, 4.69) is 22.5 Å². The quantitative estimate of drug-likeness (QED) is 0.687. The maximum Gasteiger partial charge on any atom is 0.0108 e. The average Bonchev–Trinajstić information content (AvgIpc) is 2.85. The number of nitrogens with zero attached hydrogens (tertiary/aromatic N) is 1. The summed E-state index contributed by atoms with van der Waals surface area (Å²) in [6, 6.07) is 0. The molecule has 0 aromatic rings. The molecule has 0 aromatic carbocycles. The summed E-state index contributed by atoms with van der Waals surface area (Å²) in [6.45, 7) is 10.8. The van der Waals surface area contributed by atoms with Gasteiger partial charge in [0.25, 0.3) is 0 Å². The van der Waals surface area contributed by atoms with E-state index in [1.54, 1.807) is 0 Å². The first-order valence-corrected chi connectivity index (χ1v) is 7.48. The minimum atomic E-state index is 0.642. The predicted octanol–water partition coefficient (Wildman–Crippen LogP) is 1.45. The molecule has 1 saturated carbocycles. The second kappa shape index (κ2) is 6.72. The molecule has 0 spiro atoms. The summed E-state index contributed by atoms with van der Waals surface area (Å²) in [7, 11) is 0. The van der Waals surface area contributed by atoms with Gasteiger partial charge in [-0.05, 0) is 24.7 Å². The molecular weight excluding hydrogens is 210 g/mol. The standard InChI is InChI=1S/C14H29N3/c1-2-14(5-3-4-6-14)13-16-9-12-17-10-7-15-8-11-17/h15-16H,2-13H2,1H3. The van der Waals surface area contributed by atoms with Crippen LogP contribution < -0.4 is 10.6 Å². The SMILES string of the molecule is CCC1(CNCCN2CCNCC2)CCCC1. The van der Waals surface area contributed by atoms with Gasteiger partial charge in [0.05, 0.1) is 0 Å². The Morgan fingerprint density at radius 2 is 1.88 bits per heavy atom. The fraction of sp³-hybridized carbons (Fsp3) is 1.00. The highest BCUT2D eigenvalue weighted by atomic mass is 15.2. The van der Waals surface area contributed by atoms with Crippen LogP contribution in [0.1, 0.15) is 39.0 Å². The van der Waals surface area contributed by atoms with Gasteiger partial charge >= 0.3 is 0 Å². The third kappa shape index (κ3) is 3.94. The minimum Gasteiger partial charge on any atom is -0.315 e. The molecule has 0 radical (unpaired) electrons. The predicted molar refractivity (Wildman–Crippen MR) is 73.4 cm³/mol. The molecule has 0 unspecified atom stereocenters. The highest BCUT2D eigenvalue weighted by Gasteiger charge is 2.31. The Hall–Kier alpha value is -0.120. The molecule has 0 atom stereocenters. The van der Waals surface area contributed by atoms with Crippen molar-refractivity contribution < 1.29 is 0 Å². The fourth-order valence-electron chi connectivity index (χ4n) is 3.31. The minimum absolute atomic E-state index is 0.642. The third-order valence-corrected chi connectivity index (χ3v) is 4.73. The van der Waals surface area contributed by atoms with Crippen LogP contribution in [-0.2, 0) is 0 Å². The van der Waals surface area contributed by atoms with Crippen LogP contribution >= 0.6 is 0 Å². The van der Waals surface area contributed by atoms with Gasteiger partial charge in [-0.15, -0.1) is 0 Å². The van der Waals surface area contributed by atoms with Crippen molar-refractivity contribution in [2.24, 2.45) is 5.41 Å². The van der Waals surface area contributed by atoms with Gasteiger partial charge in [-0.3, -0.25) is 4.90 Å². The largest absolute Gasteiger partial charge is 0.315 e. The van der Waals surface area contributed by atoms with Crippen LogP contribution in [0.5, 0.6) is 0 Å². The second-order valence-corrected chi connectivity index (χ2v) is 5.83. The highest BCUT2D eigenvalue weighted by molar-refractivity contribution is 4.85. The van der Waals surface area contributed by atoms with Crippen molar-refractivity contribution in [3.05, 3.63) is 0 Å². The van der Waals surface area contributed by atoms with Gasteiger partial charge in [0.1, 0.15) is 0 Å². The lowest BCUT2D eigenvalue weighted by Crippen LogP contribution is -2.46. The normalized spacial score (nSPS) is 25.2. The van der Waals surface area contributed by atoms with Crippen LogP contribution in [0.25, 0.3) is 0 Å². The molecule has 0 aromatic heterocycles. The molecule has 1 aliphatic carbocycles. The fourth-order valence-corrected chi connectivity index (χ4v) is 3.31. The van der Waals surface area contributed by atoms with E-state index >= 15 is 0 Å². The Bertz CT molecular complexity index is 206. The zero-order valence-electron chi connectivity index (χ0n) is 11.4. The van der Waals surface area contributed by atoms with Gasteiger partial charge in [0.2, 0.25) is 0 Å². The van der Waals surface area contributed by atoms with Crippen molar-refractivity contribution in [3.63, 3.8) is 0 Å². The number of piperazine rings is 1. The summed E-state index contributed by atoms with van der Waals surface area (Å²) in [5.41, 5.74) is 0.642.